The standard InChI is InChI=1S/C15H22N2O5S/c1-2-21-13(19)7-8-22-12(18)6-4-3-5-11-14-10(9-23-11)16-15(20)17-14/h7-8,10-11,14H,2-6,9H2,1H3,(H2,16,17,20)/b8-7+/t10-,11-,14-/m0/s1. The van der Waals surface area contributed by atoms with Gasteiger partial charge in [0.2, 0.25) is 0 Å². The molecule has 2 rings (SSSR count). The Morgan fingerprint density at radius 2 is 2.17 bits per heavy atom. The van der Waals surface area contributed by atoms with E-state index in [4.69, 9.17) is 4.74 Å². The van der Waals surface area contributed by atoms with Crippen molar-refractivity contribution in [2.45, 2.75) is 49.9 Å². The zero-order valence-electron chi connectivity index (χ0n) is 13.1. The van der Waals surface area contributed by atoms with Crippen LogP contribution in [0.1, 0.15) is 32.6 Å². The summed E-state index contributed by atoms with van der Waals surface area (Å²) >= 11 is 1.86. The Bertz CT molecular complexity index is 482. The van der Waals surface area contributed by atoms with Gasteiger partial charge < -0.3 is 20.1 Å². The molecule has 128 valence electrons. The Morgan fingerprint density at radius 3 is 2.96 bits per heavy atom. The van der Waals surface area contributed by atoms with Gasteiger partial charge >= 0.3 is 18.0 Å². The van der Waals surface area contributed by atoms with Gasteiger partial charge in [-0.2, -0.15) is 11.8 Å². The Morgan fingerprint density at radius 1 is 1.35 bits per heavy atom. The zero-order valence-corrected chi connectivity index (χ0v) is 13.9. The molecule has 23 heavy (non-hydrogen) atoms. The molecule has 0 unspecified atom stereocenters. The number of thioether (sulfide) groups is 1. The normalized spacial score (nSPS) is 25.8. The van der Waals surface area contributed by atoms with Gasteiger partial charge in [0.1, 0.15) is 6.26 Å². The number of esters is 2. The van der Waals surface area contributed by atoms with Crippen LogP contribution in [0.5, 0.6) is 0 Å². The van der Waals surface area contributed by atoms with Crippen LogP contribution in [0.3, 0.4) is 0 Å². The molecule has 0 aromatic rings. The van der Waals surface area contributed by atoms with Crippen molar-refractivity contribution in [3.8, 4) is 0 Å². The Kier molecular flexibility index (Phi) is 6.76. The third kappa shape index (κ3) is 5.46. The highest BCUT2D eigenvalue weighted by Crippen LogP contribution is 2.33. The van der Waals surface area contributed by atoms with Crippen LogP contribution in [0.2, 0.25) is 0 Å². The number of amides is 2. The van der Waals surface area contributed by atoms with Crippen LogP contribution in [0.4, 0.5) is 4.79 Å². The Balaban J connectivity index is 1.56. The molecule has 2 heterocycles. The average molecular weight is 342 g/mol. The highest BCUT2D eigenvalue weighted by atomic mass is 32.2. The third-order valence-corrected chi connectivity index (χ3v) is 5.26. The molecule has 0 aromatic heterocycles. The van der Waals surface area contributed by atoms with Crippen LogP contribution in [0.15, 0.2) is 12.3 Å². The van der Waals surface area contributed by atoms with Gasteiger partial charge in [-0.15, -0.1) is 0 Å². The smallest absolute Gasteiger partial charge is 0.333 e. The summed E-state index contributed by atoms with van der Waals surface area (Å²) in [5.74, 6) is 0.0491. The van der Waals surface area contributed by atoms with Crippen LogP contribution < -0.4 is 10.6 Å². The molecule has 2 saturated heterocycles. The summed E-state index contributed by atoms with van der Waals surface area (Å²) in [6.07, 6.45) is 5.04. The fourth-order valence-electron chi connectivity index (χ4n) is 2.67. The monoisotopic (exact) mass is 342 g/mol. The fraction of sp³-hybridized carbons (Fsp3) is 0.667. The van der Waals surface area contributed by atoms with Crippen molar-refractivity contribution in [1.82, 2.24) is 10.6 Å². The molecule has 7 nitrogen and oxygen atoms in total. The Hall–Kier alpha value is -1.70. The number of hydrogen-bond acceptors (Lipinski definition) is 6. The van der Waals surface area contributed by atoms with Crippen molar-refractivity contribution in [3.63, 3.8) is 0 Å². The van der Waals surface area contributed by atoms with E-state index < -0.39 is 5.97 Å². The van der Waals surface area contributed by atoms with Crippen molar-refractivity contribution < 1.29 is 23.9 Å². The van der Waals surface area contributed by atoms with E-state index in [0.29, 0.717) is 11.7 Å². The molecule has 3 atom stereocenters. The minimum atomic E-state index is -0.527. The number of unbranched alkanes of at least 4 members (excludes halogenated alkanes) is 1. The second-order valence-electron chi connectivity index (χ2n) is 5.41. The van der Waals surface area contributed by atoms with Gasteiger partial charge in [0, 0.05) is 17.4 Å². The third-order valence-electron chi connectivity index (χ3n) is 3.75. The molecule has 0 spiro atoms. The molecule has 2 N–H and O–H groups in total. The number of rotatable bonds is 8. The molecular weight excluding hydrogens is 320 g/mol. The average Bonchev–Trinajstić information content (AvgIpc) is 3.03. The Labute approximate surface area is 139 Å². The maximum Gasteiger partial charge on any atom is 0.333 e. The lowest BCUT2D eigenvalue weighted by atomic mass is 10.0. The number of carbonyl (C=O) groups excluding carboxylic acids is 3. The van der Waals surface area contributed by atoms with E-state index in [0.717, 1.165) is 37.4 Å². The maximum absolute atomic E-state index is 11.5. The SMILES string of the molecule is CCOC(=O)/C=C/OC(=O)CCCC[C@@H]1SC[C@@H]2NC(=O)N[C@@H]21. The second kappa shape index (κ2) is 8.81. The van der Waals surface area contributed by atoms with Gasteiger partial charge in [0.15, 0.2) is 0 Å². The molecule has 2 aliphatic heterocycles. The first kappa shape index (κ1) is 17.7. The summed E-state index contributed by atoms with van der Waals surface area (Å²) in [6, 6.07) is 0.352. The fourth-order valence-corrected chi connectivity index (χ4v) is 4.22. The van der Waals surface area contributed by atoms with Crippen LogP contribution in [0, 0.1) is 0 Å². The van der Waals surface area contributed by atoms with Crippen molar-refractivity contribution >= 4 is 29.7 Å². The quantitative estimate of drug-likeness (QED) is 0.227. The van der Waals surface area contributed by atoms with Crippen molar-refractivity contribution in [1.29, 1.82) is 0 Å². The highest BCUT2D eigenvalue weighted by Gasteiger charge is 2.42. The van der Waals surface area contributed by atoms with Crippen molar-refractivity contribution in [3.05, 3.63) is 12.3 Å². The topological polar surface area (TPSA) is 93.7 Å². The van der Waals surface area contributed by atoms with Crippen molar-refractivity contribution in [2.75, 3.05) is 12.4 Å². The molecule has 8 heteroatoms. The number of fused-ring (bicyclic) bond motifs is 1. The van der Waals surface area contributed by atoms with Gasteiger partial charge in [0.25, 0.3) is 0 Å². The first-order valence-electron chi connectivity index (χ1n) is 7.81. The van der Waals surface area contributed by atoms with Crippen LogP contribution in [-0.4, -0.2) is 47.7 Å². The number of hydrogen-bond donors (Lipinski definition) is 2. The first-order chi connectivity index (χ1) is 11.1. The van der Waals surface area contributed by atoms with E-state index in [9.17, 15) is 14.4 Å². The molecule has 2 amide bonds. The van der Waals surface area contributed by atoms with Gasteiger partial charge in [-0.25, -0.2) is 9.59 Å². The molecule has 0 aromatic carbocycles. The molecule has 0 bridgehead atoms. The van der Waals surface area contributed by atoms with Gasteiger partial charge in [-0.3, -0.25) is 4.79 Å². The number of ether oxygens (including phenoxy) is 2. The minimum absolute atomic E-state index is 0.0812. The molecule has 2 aliphatic rings. The highest BCUT2D eigenvalue weighted by molar-refractivity contribution is 8.00. The van der Waals surface area contributed by atoms with E-state index in [2.05, 4.69) is 15.4 Å². The van der Waals surface area contributed by atoms with Crippen LogP contribution >= 0.6 is 11.8 Å². The molecule has 0 saturated carbocycles. The number of nitrogens with one attached hydrogen (secondary N) is 2. The van der Waals surface area contributed by atoms with Gasteiger partial charge in [0.05, 0.1) is 24.8 Å². The summed E-state index contributed by atoms with van der Waals surface area (Å²) in [6.45, 7) is 1.99. The zero-order chi connectivity index (χ0) is 16.7. The lowest BCUT2D eigenvalue weighted by Gasteiger charge is -2.16. The van der Waals surface area contributed by atoms with Crippen molar-refractivity contribution in [2.24, 2.45) is 0 Å². The number of carbonyl (C=O) groups is 3. The number of urea groups is 1. The maximum atomic E-state index is 11.5. The lowest BCUT2D eigenvalue weighted by molar-refractivity contribution is -0.138. The summed E-state index contributed by atoms with van der Waals surface area (Å²) in [5, 5.41) is 6.26. The predicted molar refractivity (Wildman–Crippen MR) is 85.8 cm³/mol. The van der Waals surface area contributed by atoms with Gasteiger partial charge in [-0.05, 0) is 19.8 Å². The van der Waals surface area contributed by atoms with Gasteiger partial charge in [-0.1, -0.05) is 6.42 Å². The van der Waals surface area contributed by atoms with E-state index >= 15 is 0 Å². The van der Waals surface area contributed by atoms with E-state index in [1.165, 1.54) is 0 Å². The van der Waals surface area contributed by atoms with E-state index in [1.807, 2.05) is 11.8 Å². The first-order valence-corrected chi connectivity index (χ1v) is 8.86. The second-order valence-corrected chi connectivity index (χ2v) is 6.68. The predicted octanol–water partition coefficient (Wildman–Crippen LogP) is 1.33. The van der Waals surface area contributed by atoms with E-state index in [1.54, 1.807) is 6.92 Å². The van der Waals surface area contributed by atoms with E-state index in [-0.39, 0.29) is 30.7 Å². The van der Waals surface area contributed by atoms with Crippen LogP contribution in [0.25, 0.3) is 0 Å². The van der Waals surface area contributed by atoms with Crippen LogP contribution in [-0.2, 0) is 19.1 Å². The summed E-state index contributed by atoms with van der Waals surface area (Å²) in [7, 11) is 0. The lowest BCUT2D eigenvalue weighted by Crippen LogP contribution is -2.36. The molecular formula is C15H22N2O5S. The molecule has 0 aliphatic carbocycles. The minimum Gasteiger partial charge on any atom is -0.463 e. The summed E-state index contributed by atoms with van der Waals surface area (Å²) in [5.41, 5.74) is 0. The largest absolute Gasteiger partial charge is 0.463 e. The molecule has 2 fully saturated rings. The summed E-state index contributed by atoms with van der Waals surface area (Å²) in [4.78, 5) is 33.8. The summed E-state index contributed by atoms with van der Waals surface area (Å²) < 4.78 is 9.49. The molecule has 0 radical (unpaired) electrons.